The van der Waals surface area contributed by atoms with Crippen molar-refractivity contribution in [1.29, 1.82) is 0 Å². The molecule has 4 nitrogen and oxygen atoms in total. The Morgan fingerprint density at radius 3 is 2.60 bits per heavy atom. The van der Waals surface area contributed by atoms with E-state index in [-0.39, 0.29) is 0 Å². The number of ether oxygens (including phenoxy) is 2. The molecule has 0 radical (unpaired) electrons. The molecule has 2 aromatic rings. The van der Waals surface area contributed by atoms with E-state index in [0.29, 0.717) is 19.8 Å². The number of benzene rings is 1. The third-order valence-corrected chi connectivity index (χ3v) is 4.39. The Morgan fingerprint density at radius 2 is 1.80 bits per heavy atom. The lowest BCUT2D eigenvalue weighted by molar-refractivity contribution is 0.172. The van der Waals surface area contributed by atoms with E-state index in [4.69, 9.17) is 15.2 Å². The summed E-state index contributed by atoms with van der Waals surface area (Å²) in [5, 5.41) is 1.33. The van der Waals surface area contributed by atoms with Crippen molar-refractivity contribution in [3.05, 3.63) is 23.4 Å². The zero-order valence-corrected chi connectivity index (χ0v) is 11.7. The van der Waals surface area contributed by atoms with Crippen LogP contribution in [0.3, 0.4) is 0 Å². The first-order valence-electron chi connectivity index (χ1n) is 7.52. The number of nitrogens with zero attached hydrogens (tertiary/aromatic N) is 1. The molecule has 2 N–H and O–H groups in total. The molecule has 0 fully saturated rings. The molecule has 0 unspecified atom stereocenters. The Hall–Kier alpha value is -1.68. The highest BCUT2D eigenvalue weighted by Crippen LogP contribution is 2.40. The van der Waals surface area contributed by atoms with E-state index in [9.17, 15) is 0 Å². The molecule has 1 aromatic heterocycles. The smallest absolute Gasteiger partial charge is 0.163 e. The second-order valence-electron chi connectivity index (χ2n) is 5.59. The fraction of sp³-hybridized carbons (Fsp3) is 0.500. The maximum atomic E-state index is 5.80. The molecule has 0 atom stereocenters. The highest BCUT2D eigenvalue weighted by molar-refractivity contribution is 5.89. The molecule has 2 aliphatic rings. The van der Waals surface area contributed by atoms with Gasteiger partial charge in [-0.05, 0) is 37.3 Å². The zero-order chi connectivity index (χ0) is 13.5. The van der Waals surface area contributed by atoms with Gasteiger partial charge in [-0.3, -0.25) is 0 Å². The Kier molecular flexibility index (Phi) is 2.84. The molecule has 1 aliphatic heterocycles. The van der Waals surface area contributed by atoms with Gasteiger partial charge in [0, 0.05) is 30.2 Å². The summed E-state index contributed by atoms with van der Waals surface area (Å²) in [4.78, 5) is 0. The number of aromatic nitrogens is 1. The summed E-state index contributed by atoms with van der Waals surface area (Å²) in [5.74, 6) is 1.76. The van der Waals surface area contributed by atoms with Gasteiger partial charge in [-0.25, -0.2) is 0 Å². The molecule has 4 heteroatoms. The molecule has 0 bridgehead atoms. The van der Waals surface area contributed by atoms with Gasteiger partial charge >= 0.3 is 0 Å². The average molecular weight is 272 g/mol. The quantitative estimate of drug-likeness (QED) is 0.912. The number of rotatable bonds is 2. The molecule has 4 rings (SSSR count). The third-order valence-electron chi connectivity index (χ3n) is 4.39. The van der Waals surface area contributed by atoms with Crippen LogP contribution in [0.5, 0.6) is 11.5 Å². The molecular formula is C16H20N2O2. The predicted octanol–water partition coefficient (Wildman–Crippen LogP) is 2.25. The largest absolute Gasteiger partial charge is 0.486 e. The van der Waals surface area contributed by atoms with E-state index < -0.39 is 0 Å². The molecule has 20 heavy (non-hydrogen) atoms. The molecule has 1 aromatic carbocycles. The van der Waals surface area contributed by atoms with Crippen molar-refractivity contribution >= 4 is 10.9 Å². The Balaban J connectivity index is 1.98. The van der Waals surface area contributed by atoms with Crippen LogP contribution in [0.2, 0.25) is 0 Å². The monoisotopic (exact) mass is 272 g/mol. The first kappa shape index (κ1) is 12.1. The van der Waals surface area contributed by atoms with Crippen molar-refractivity contribution in [3.63, 3.8) is 0 Å². The normalized spacial score (nSPS) is 17.2. The molecule has 0 saturated heterocycles. The summed E-state index contributed by atoms with van der Waals surface area (Å²) < 4.78 is 13.9. The molecule has 0 amide bonds. The van der Waals surface area contributed by atoms with E-state index in [0.717, 1.165) is 24.5 Å². The molecule has 0 spiro atoms. The van der Waals surface area contributed by atoms with Crippen molar-refractivity contribution in [2.24, 2.45) is 5.73 Å². The summed E-state index contributed by atoms with van der Waals surface area (Å²) in [6.45, 7) is 2.83. The Morgan fingerprint density at radius 1 is 1.05 bits per heavy atom. The standard InChI is InChI=1S/C16H20N2O2/c17-5-6-18-13-4-2-1-3-11(13)12-9-15-16(10-14(12)18)20-8-7-19-15/h9-10H,1-8,17H2. The van der Waals surface area contributed by atoms with E-state index in [1.165, 1.54) is 41.4 Å². The third kappa shape index (κ3) is 1.71. The highest BCUT2D eigenvalue weighted by Gasteiger charge is 2.23. The fourth-order valence-electron chi connectivity index (χ4n) is 3.55. The SMILES string of the molecule is NCCn1c2c(c3cc4c(cc31)OCCO4)CCCC2. The second kappa shape index (κ2) is 4.70. The van der Waals surface area contributed by atoms with Gasteiger partial charge in [-0.15, -0.1) is 0 Å². The van der Waals surface area contributed by atoms with Gasteiger partial charge in [0.2, 0.25) is 0 Å². The van der Waals surface area contributed by atoms with Crippen LogP contribution in [-0.2, 0) is 19.4 Å². The minimum atomic E-state index is 0.635. The van der Waals surface area contributed by atoms with Crippen LogP contribution >= 0.6 is 0 Å². The number of hydrogen-bond acceptors (Lipinski definition) is 3. The van der Waals surface area contributed by atoms with Crippen LogP contribution in [0.1, 0.15) is 24.1 Å². The van der Waals surface area contributed by atoms with Gasteiger partial charge in [0.15, 0.2) is 11.5 Å². The van der Waals surface area contributed by atoms with Gasteiger partial charge in [0.25, 0.3) is 0 Å². The van der Waals surface area contributed by atoms with Crippen molar-refractivity contribution in [3.8, 4) is 11.5 Å². The maximum Gasteiger partial charge on any atom is 0.163 e. The van der Waals surface area contributed by atoms with Crippen LogP contribution in [-0.4, -0.2) is 24.3 Å². The van der Waals surface area contributed by atoms with Crippen molar-refractivity contribution < 1.29 is 9.47 Å². The number of aryl methyl sites for hydroxylation is 1. The summed E-state index contributed by atoms with van der Waals surface area (Å²) in [6.07, 6.45) is 4.89. The molecule has 0 saturated carbocycles. The zero-order valence-electron chi connectivity index (χ0n) is 11.7. The first-order valence-corrected chi connectivity index (χ1v) is 7.52. The second-order valence-corrected chi connectivity index (χ2v) is 5.59. The first-order chi connectivity index (χ1) is 9.88. The van der Waals surface area contributed by atoms with Crippen molar-refractivity contribution in [2.45, 2.75) is 32.2 Å². The Bertz CT molecular complexity index is 660. The lowest BCUT2D eigenvalue weighted by Gasteiger charge is -2.18. The average Bonchev–Trinajstić information content (AvgIpc) is 2.80. The van der Waals surface area contributed by atoms with E-state index in [1.807, 2.05) is 0 Å². The summed E-state index contributed by atoms with van der Waals surface area (Å²) in [6, 6.07) is 4.30. The van der Waals surface area contributed by atoms with Crippen molar-refractivity contribution in [1.82, 2.24) is 4.57 Å². The Labute approximate surface area is 118 Å². The molecular weight excluding hydrogens is 252 g/mol. The van der Waals surface area contributed by atoms with E-state index in [2.05, 4.69) is 16.7 Å². The summed E-state index contributed by atoms with van der Waals surface area (Å²) in [7, 11) is 0. The minimum Gasteiger partial charge on any atom is -0.486 e. The molecule has 1 aliphatic carbocycles. The fourth-order valence-corrected chi connectivity index (χ4v) is 3.55. The lowest BCUT2D eigenvalue weighted by Crippen LogP contribution is -2.16. The van der Waals surface area contributed by atoms with Crippen LogP contribution in [0.4, 0.5) is 0 Å². The maximum absolute atomic E-state index is 5.80. The van der Waals surface area contributed by atoms with Crippen molar-refractivity contribution in [2.75, 3.05) is 19.8 Å². The molecule has 2 heterocycles. The van der Waals surface area contributed by atoms with Crippen LogP contribution in [0.25, 0.3) is 10.9 Å². The number of nitrogens with two attached hydrogens (primary N) is 1. The summed E-state index contributed by atoms with van der Waals surface area (Å²) >= 11 is 0. The van der Waals surface area contributed by atoms with E-state index in [1.54, 1.807) is 0 Å². The predicted molar refractivity (Wildman–Crippen MR) is 78.6 cm³/mol. The minimum absolute atomic E-state index is 0.635. The number of hydrogen-bond donors (Lipinski definition) is 1. The number of fused-ring (bicyclic) bond motifs is 4. The topological polar surface area (TPSA) is 49.4 Å². The van der Waals surface area contributed by atoms with Gasteiger partial charge in [-0.1, -0.05) is 0 Å². The van der Waals surface area contributed by atoms with Gasteiger partial charge < -0.3 is 19.8 Å². The van der Waals surface area contributed by atoms with Crippen LogP contribution in [0, 0.1) is 0 Å². The van der Waals surface area contributed by atoms with Crippen LogP contribution < -0.4 is 15.2 Å². The highest BCUT2D eigenvalue weighted by atomic mass is 16.6. The van der Waals surface area contributed by atoms with Gasteiger partial charge in [-0.2, -0.15) is 0 Å². The van der Waals surface area contributed by atoms with E-state index >= 15 is 0 Å². The van der Waals surface area contributed by atoms with Gasteiger partial charge in [0.1, 0.15) is 13.2 Å². The summed E-state index contributed by atoms with van der Waals surface area (Å²) in [5.41, 5.74) is 10.0. The van der Waals surface area contributed by atoms with Crippen LogP contribution in [0.15, 0.2) is 12.1 Å². The lowest BCUT2D eigenvalue weighted by atomic mass is 9.95. The molecule has 106 valence electrons. The van der Waals surface area contributed by atoms with Gasteiger partial charge in [0.05, 0.1) is 5.52 Å².